The van der Waals surface area contributed by atoms with Gasteiger partial charge in [0.1, 0.15) is 0 Å². The third-order valence-corrected chi connectivity index (χ3v) is 3.32. The molecule has 3 N–H and O–H groups in total. The molecule has 0 aromatic rings. The molecule has 0 heterocycles. The predicted octanol–water partition coefficient (Wildman–Crippen LogP) is 0.914. The summed E-state index contributed by atoms with van der Waals surface area (Å²) < 4.78 is 10.4. The molecular weight excluding hydrogens is 308 g/mol. The summed E-state index contributed by atoms with van der Waals surface area (Å²) in [4.78, 5) is 4.59. The van der Waals surface area contributed by atoms with Gasteiger partial charge in [0.2, 0.25) is 0 Å². The molecule has 6 nitrogen and oxygen atoms in total. The first-order valence-corrected chi connectivity index (χ1v) is 7.64. The number of rotatable bonds is 11. The van der Waals surface area contributed by atoms with Gasteiger partial charge in [-0.05, 0) is 31.8 Å². The van der Waals surface area contributed by atoms with Crippen molar-refractivity contribution >= 4 is 18.1 Å². The highest BCUT2D eigenvalue weighted by Gasteiger charge is 2.14. The molecule has 0 fully saturated rings. The van der Waals surface area contributed by atoms with E-state index in [1.165, 1.54) is 11.3 Å². The quantitative estimate of drug-likeness (QED) is 0.489. The summed E-state index contributed by atoms with van der Waals surface area (Å²) in [5.74, 6) is 0. The van der Waals surface area contributed by atoms with Gasteiger partial charge in [0, 0.05) is 18.0 Å². The van der Waals surface area contributed by atoms with Crippen molar-refractivity contribution in [2.24, 2.45) is 4.99 Å². The largest absolute Gasteiger partial charge is 0.394 e. The fourth-order valence-corrected chi connectivity index (χ4v) is 2.25. The number of aliphatic hydroxyl groups is 2. The highest BCUT2D eigenvalue weighted by atomic mass is 35.5. The maximum absolute atomic E-state index is 8.63. The van der Waals surface area contributed by atoms with Crippen LogP contribution in [0.3, 0.4) is 0 Å². The predicted molar refractivity (Wildman–Crippen MR) is 89.9 cm³/mol. The molecule has 0 spiro atoms. The topological polar surface area (TPSA) is 83.3 Å². The molecule has 0 saturated heterocycles. The Bertz CT molecular complexity index is 348. The molecule has 0 radical (unpaired) electrons. The van der Waals surface area contributed by atoms with Crippen LogP contribution in [0.4, 0.5) is 0 Å². The highest BCUT2D eigenvalue weighted by Crippen LogP contribution is 2.20. The summed E-state index contributed by atoms with van der Waals surface area (Å²) in [6, 6.07) is 0. The normalized spacial score (nSPS) is 16.8. The number of allylic oxidation sites excluding steroid dienone is 2. The average Bonchev–Trinajstić information content (AvgIpc) is 2.50. The van der Waals surface area contributed by atoms with Crippen molar-refractivity contribution in [1.29, 1.82) is 0 Å². The number of ether oxygens (including phenoxy) is 2. The first kappa shape index (κ1) is 21.3. The lowest BCUT2D eigenvalue weighted by Crippen LogP contribution is -2.25. The van der Waals surface area contributed by atoms with E-state index in [-0.39, 0.29) is 25.6 Å². The van der Waals surface area contributed by atoms with Gasteiger partial charge in [0.15, 0.2) is 0 Å². The summed E-state index contributed by atoms with van der Waals surface area (Å²) in [6.45, 7) is 5.52. The summed E-state index contributed by atoms with van der Waals surface area (Å²) in [6.07, 6.45) is 3.16. The first-order chi connectivity index (χ1) is 10.3. The van der Waals surface area contributed by atoms with E-state index in [0.29, 0.717) is 33.0 Å². The average molecular weight is 337 g/mol. The Labute approximate surface area is 139 Å². The van der Waals surface area contributed by atoms with Crippen LogP contribution in [0.25, 0.3) is 0 Å². The summed E-state index contributed by atoms with van der Waals surface area (Å²) >= 11 is 0. The maximum Gasteiger partial charge on any atom is 0.0698 e. The lowest BCUT2D eigenvalue weighted by atomic mass is 9.95. The van der Waals surface area contributed by atoms with Crippen molar-refractivity contribution in [3.05, 3.63) is 11.3 Å². The van der Waals surface area contributed by atoms with Crippen molar-refractivity contribution in [1.82, 2.24) is 5.32 Å². The molecule has 1 aliphatic carbocycles. The van der Waals surface area contributed by atoms with Crippen LogP contribution in [0.2, 0.25) is 0 Å². The molecule has 7 heteroatoms. The minimum Gasteiger partial charge on any atom is -0.394 e. The molecule has 0 saturated carbocycles. The molecular formula is C15H29ClN2O4. The van der Waals surface area contributed by atoms with E-state index in [0.717, 1.165) is 31.5 Å². The van der Waals surface area contributed by atoms with Crippen molar-refractivity contribution in [2.45, 2.75) is 26.2 Å². The number of nitrogens with one attached hydrogen (secondary N) is 1. The van der Waals surface area contributed by atoms with Crippen LogP contribution in [0.5, 0.6) is 0 Å². The molecule has 0 amide bonds. The van der Waals surface area contributed by atoms with Gasteiger partial charge in [-0.2, -0.15) is 0 Å². The molecule has 0 aliphatic heterocycles. The second-order valence-corrected chi connectivity index (χ2v) is 4.88. The van der Waals surface area contributed by atoms with Gasteiger partial charge in [0.25, 0.3) is 0 Å². The van der Waals surface area contributed by atoms with Gasteiger partial charge in [0.05, 0.1) is 46.2 Å². The van der Waals surface area contributed by atoms with Crippen LogP contribution in [-0.4, -0.2) is 68.7 Å². The third kappa shape index (κ3) is 8.70. The van der Waals surface area contributed by atoms with E-state index in [2.05, 4.69) is 17.2 Å². The second kappa shape index (κ2) is 14.0. The molecule has 0 atom stereocenters. The number of halogens is 1. The highest BCUT2D eigenvalue weighted by molar-refractivity contribution is 6.00. The van der Waals surface area contributed by atoms with Crippen LogP contribution in [0.15, 0.2) is 16.3 Å². The van der Waals surface area contributed by atoms with E-state index in [1.54, 1.807) is 0 Å². The summed E-state index contributed by atoms with van der Waals surface area (Å²) in [7, 11) is 0. The van der Waals surface area contributed by atoms with Gasteiger partial charge < -0.3 is 25.0 Å². The first-order valence-electron chi connectivity index (χ1n) is 7.64. The van der Waals surface area contributed by atoms with Crippen molar-refractivity contribution in [3.63, 3.8) is 0 Å². The smallest absolute Gasteiger partial charge is 0.0698 e. The number of hydrogen-bond acceptors (Lipinski definition) is 6. The third-order valence-electron chi connectivity index (χ3n) is 3.32. The number of nitrogens with zero attached hydrogens (tertiary/aromatic N) is 1. The summed E-state index contributed by atoms with van der Waals surface area (Å²) in [5, 5.41) is 20.7. The minimum atomic E-state index is 0. The Kier molecular flexibility index (Phi) is 13.5. The fraction of sp³-hybridized carbons (Fsp3) is 0.800. The molecule has 0 aromatic heterocycles. The fourth-order valence-electron chi connectivity index (χ4n) is 2.25. The number of aliphatic hydroxyl groups excluding tert-OH is 2. The van der Waals surface area contributed by atoms with Gasteiger partial charge in [-0.15, -0.1) is 12.4 Å². The number of aliphatic imine (C=N–C) groups is 1. The second-order valence-electron chi connectivity index (χ2n) is 4.88. The standard InChI is InChI=1S/C15H28N2O4.ClH/c1-13-14(16-5-9-20-11-7-18)3-2-4-15(13)17-6-10-21-12-8-19;/h16,18-19H,2-12H2,1H3;1H/b17-15+;. The SMILES string of the molecule is CC1=C(NCCOCCO)CCC/C1=N\CCOCCO.Cl. The van der Waals surface area contributed by atoms with Gasteiger partial charge >= 0.3 is 0 Å². The molecule has 0 unspecified atom stereocenters. The van der Waals surface area contributed by atoms with Crippen molar-refractivity contribution in [3.8, 4) is 0 Å². The molecule has 130 valence electrons. The Morgan fingerprint density at radius 3 is 2.41 bits per heavy atom. The zero-order valence-corrected chi connectivity index (χ0v) is 14.2. The zero-order chi connectivity index (χ0) is 15.3. The van der Waals surface area contributed by atoms with Gasteiger partial charge in [-0.3, -0.25) is 4.99 Å². The number of hydrogen-bond donors (Lipinski definition) is 3. The van der Waals surface area contributed by atoms with E-state index in [9.17, 15) is 0 Å². The van der Waals surface area contributed by atoms with E-state index >= 15 is 0 Å². The van der Waals surface area contributed by atoms with E-state index in [1.807, 2.05) is 0 Å². The van der Waals surface area contributed by atoms with Crippen LogP contribution < -0.4 is 5.32 Å². The Morgan fingerprint density at radius 2 is 1.73 bits per heavy atom. The molecule has 0 bridgehead atoms. The Morgan fingerprint density at radius 1 is 1.05 bits per heavy atom. The van der Waals surface area contributed by atoms with E-state index < -0.39 is 0 Å². The molecule has 1 aliphatic rings. The molecule has 1 rings (SSSR count). The van der Waals surface area contributed by atoms with Crippen molar-refractivity contribution < 1.29 is 19.7 Å². The zero-order valence-electron chi connectivity index (χ0n) is 13.3. The van der Waals surface area contributed by atoms with Crippen molar-refractivity contribution in [2.75, 3.05) is 52.7 Å². The maximum atomic E-state index is 8.63. The lowest BCUT2D eigenvalue weighted by Gasteiger charge is -2.21. The Hall–Kier alpha value is -0.660. The van der Waals surface area contributed by atoms with E-state index in [4.69, 9.17) is 19.7 Å². The molecule has 22 heavy (non-hydrogen) atoms. The molecule has 0 aromatic carbocycles. The van der Waals surface area contributed by atoms with Crippen LogP contribution >= 0.6 is 12.4 Å². The minimum absolute atomic E-state index is 0. The van der Waals surface area contributed by atoms with Gasteiger partial charge in [-0.1, -0.05) is 0 Å². The monoisotopic (exact) mass is 336 g/mol. The van der Waals surface area contributed by atoms with Gasteiger partial charge in [-0.25, -0.2) is 0 Å². The Balaban J connectivity index is 0.00000441. The lowest BCUT2D eigenvalue weighted by molar-refractivity contribution is 0.0948. The van der Waals surface area contributed by atoms with Crippen LogP contribution in [0, 0.1) is 0 Å². The van der Waals surface area contributed by atoms with Crippen LogP contribution in [-0.2, 0) is 9.47 Å². The summed E-state index contributed by atoms with van der Waals surface area (Å²) in [5.41, 5.74) is 3.61. The van der Waals surface area contributed by atoms with Crippen LogP contribution in [0.1, 0.15) is 26.2 Å².